The van der Waals surface area contributed by atoms with Gasteiger partial charge in [0.05, 0.1) is 7.11 Å². The first-order valence-electron chi connectivity index (χ1n) is 4.70. The number of rotatable bonds is 2. The molecular weight excluding hydrogens is 181 g/mol. The van der Waals surface area contributed by atoms with Gasteiger partial charge in [0.1, 0.15) is 0 Å². The zero-order valence-corrected chi connectivity index (χ0v) is 8.43. The second-order valence-corrected chi connectivity index (χ2v) is 3.96. The number of nitrogens with two attached hydrogens (primary N) is 1. The number of ether oxygens (including phenoxy) is 1. The van der Waals surface area contributed by atoms with Crippen LogP contribution < -0.4 is 10.5 Å². The van der Waals surface area contributed by atoms with Gasteiger partial charge in [0, 0.05) is 5.54 Å². The van der Waals surface area contributed by atoms with E-state index in [0.29, 0.717) is 5.75 Å². The summed E-state index contributed by atoms with van der Waals surface area (Å²) in [6, 6.07) is 3.40. The molecule has 0 atom stereocenters. The van der Waals surface area contributed by atoms with Gasteiger partial charge in [0.25, 0.3) is 0 Å². The molecule has 2 rings (SSSR count). The molecule has 0 bridgehead atoms. The number of hydrogen-bond acceptors (Lipinski definition) is 2. The van der Waals surface area contributed by atoms with Crippen molar-refractivity contribution in [1.29, 1.82) is 0 Å². The summed E-state index contributed by atoms with van der Waals surface area (Å²) in [5, 5.41) is 0. The molecule has 1 aromatic carbocycles. The summed E-state index contributed by atoms with van der Waals surface area (Å²) >= 11 is 0. The number of methoxy groups -OCH3 is 1. The first-order chi connectivity index (χ1) is 6.57. The maximum atomic E-state index is 13.5. The van der Waals surface area contributed by atoms with Gasteiger partial charge in [0.15, 0.2) is 11.6 Å². The highest BCUT2D eigenvalue weighted by Crippen LogP contribution is 2.44. The third-order valence-corrected chi connectivity index (χ3v) is 2.80. The van der Waals surface area contributed by atoms with Gasteiger partial charge in [-0.25, -0.2) is 4.39 Å². The molecule has 76 valence electrons. The Hall–Kier alpha value is -1.09. The van der Waals surface area contributed by atoms with Crippen LogP contribution >= 0.6 is 0 Å². The lowest BCUT2D eigenvalue weighted by Crippen LogP contribution is -2.19. The quantitative estimate of drug-likeness (QED) is 0.784. The van der Waals surface area contributed by atoms with E-state index < -0.39 is 0 Å². The largest absolute Gasteiger partial charge is 0.493 e. The van der Waals surface area contributed by atoms with Crippen LogP contribution in [0.15, 0.2) is 12.1 Å². The molecular formula is C11H14FNO. The highest BCUT2D eigenvalue weighted by atomic mass is 19.1. The van der Waals surface area contributed by atoms with Crippen LogP contribution in [0.1, 0.15) is 24.0 Å². The van der Waals surface area contributed by atoms with Crippen LogP contribution in [0, 0.1) is 12.7 Å². The third-order valence-electron chi connectivity index (χ3n) is 2.80. The zero-order valence-electron chi connectivity index (χ0n) is 8.43. The number of halogens is 1. The summed E-state index contributed by atoms with van der Waals surface area (Å²) in [6.45, 7) is 1.83. The van der Waals surface area contributed by atoms with E-state index in [-0.39, 0.29) is 11.4 Å². The fourth-order valence-electron chi connectivity index (χ4n) is 1.70. The molecule has 0 aliphatic heterocycles. The summed E-state index contributed by atoms with van der Waals surface area (Å²) in [4.78, 5) is 0. The molecule has 0 saturated heterocycles. The van der Waals surface area contributed by atoms with Crippen molar-refractivity contribution in [2.75, 3.05) is 7.11 Å². The summed E-state index contributed by atoms with van der Waals surface area (Å²) in [7, 11) is 1.47. The van der Waals surface area contributed by atoms with E-state index in [9.17, 15) is 4.39 Å². The predicted octanol–water partition coefficient (Wildman–Crippen LogP) is 2.09. The molecule has 14 heavy (non-hydrogen) atoms. The van der Waals surface area contributed by atoms with Gasteiger partial charge in [-0.2, -0.15) is 0 Å². The molecule has 0 amide bonds. The van der Waals surface area contributed by atoms with Crippen LogP contribution in [0.2, 0.25) is 0 Å². The SMILES string of the molecule is COc1c(C)cc(C2(N)CC2)cc1F. The van der Waals surface area contributed by atoms with E-state index in [1.807, 2.05) is 13.0 Å². The maximum absolute atomic E-state index is 13.5. The van der Waals surface area contributed by atoms with Crippen molar-refractivity contribution in [2.24, 2.45) is 5.73 Å². The Balaban J connectivity index is 2.47. The normalized spacial score (nSPS) is 18.0. The lowest BCUT2D eigenvalue weighted by atomic mass is 10.0. The lowest BCUT2D eigenvalue weighted by molar-refractivity contribution is 0.382. The van der Waals surface area contributed by atoms with Crippen LogP contribution in [0.3, 0.4) is 0 Å². The molecule has 1 fully saturated rings. The van der Waals surface area contributed by atoms with Gasteiger partial charge in [0.2, 0.25) is 0 Å². The monoisotopic (exact) mass is 195 g/mol. The van der Waals surface area contributed by atoms with Gasteiger partial charge in [-0.1, -0.05) is 6.07 Å². The Morgan fingerprint density at radius 3 is 2.50 bits per heavy atom. The van der Waals surface area contributed by atoms with Crippen LogP contribution in [-0.4, -0.2) is 7.11 Å². The summed E-state index contributed by atoms with van der Waals surface area (Å²) in [5.41, 5.74) is 7.40. The number of benzene rings is 1. The molecule has 0 aromatic heterocycles. The predicted molar refractivity (Wildman–Crippen MR) is 52.8 cm³/mol. The van der Waals surface area contributed by atoms with E-state index in [1.165, 1.54) is 13.2 Å². The Morgan fingerprint density at radius 1 is 1.43 bits per heavy atom. The van der Waals surface area contributed by atoms with Crippen molar-refractivity contribution < 1.29 is 9.13 Å². The van der Waals surface area contributed by atoms with E-state index in [4.69, 9.17) is 10.5 Å². The number of hydrogen-bond donors (Lipinski definition) is 1. The molecule has 3 heteroatoms. The van der Waals surface area contributed by atoms with Crippen LogP contribution in [0.5, 0.6) is 5.75 Å². The molecule has 1 aliphatic rings. The summed E-state index contributed by atoms with van der Waals surface area (Å²) in [6.07, 6.45) is 1.89. The summed E-state index contributed by atoms with van der Waals surface area (Å²) in [5.74, 6) is -0.00257. The molecule has 0 spiro atoms. The molecule has 0 unspecified atom stereocenters. The first kappa shape index (κ1) is 9.46. The van der Waals surface area contributed by atoms with E-state index >= 15 is 0 Å². The van der Waals surface area contributed by atoms with Gasteiger partial charge in [-0.05, 0) is 37.0 Å². The molecule has 2 nitrogen and oxygen atoms in total. The Kier molecular flexibility index (Phi) is 2.00. The third kappa shape index (κ3) is 1.38. The first-order valence-corrected chi connectivity index (χ1v) is 4.70. The van der Waals surface area contributed by atoms with Crippen LogP contribution in [0.25, 0.3) is 0 Å². The van der Waals surface area contributed by atoms with Gasteiger partial charge in [-0.15, -0.1) is 0 Å². The molecule has 1 aliphatic carbocycles. The maximum Gasteiger partial charge on any atom is 0.165 e. The minimum Gasteiger partial charge on any atom is -0.493 e. The van der Waals surface area contributed by atoms with Crippen molar-refractivity contribution in [1.82, 2.24) is 0 Å². The zero-order chi connectivity index (χ0) is 10.3. The molecule has 2 N–H and O–H groups in total. The standard InChI is InChI=1S/C11H14FNO/c1-7-5-8(11(13)3-4-11)6-9(12)10(7)14-2/h5-6H,3-4,13H2,1-2H3. The minimum absolute atomic E-state index is 0.280. The van der Waals surface area contributed by atoms with Gasteiger partial charge >= 0.3 is 0 Å². The molecule has 0 heterocycles. The van der Waals surface area contributed by atoms with Crippen LogP contribution in [-0.2, 0) is 5.54 Å². The minimum atomic E-state index is -0.320. The van der Waals surface area contributed by atoms with Gasteiger partial charge < -0.3 is 10.5 Å². The van der Waals surface area contributed by atoms with Crippen molar-refractivity contribution in [2.45, 2.75) is 25.3 Å². The van der Waals surface area contributed by atoms with Crippen molar-refractivity contribution in [3.8, 4) is 5.75 Å². The van der Waals surface area contributed by atoms with Crippen molar-refractivity contribution in [3.05, 3.63) is 29.1 Å². The fourth-order valence-corrected chi connectivity index (χ4v) is 1.70. The smallest absolute Gasteiger partial charge is 0.165 e. The Bertz CT molecular complexity index is 349. The van der Waals surface area contributed by atoms with E-state index in [2.05, 4.69) is 0 Å². The molecule has 1 aromatic rings. The summed E-state index contributed by atoms with van der Waals surface area (Å²) < 4.78 is 18.4. The van der Waals surface area contributed by atoms with Crippen molar-refractivity contribution >= 4 is 0 Å². The van der Waals surface area contributed by atoms with E-state index in [0.717, 1.165) is 24.0 Å². The average Bonchev–Trinajstić information content (AvgIpc) is 2.84. The Morgan fingerprint density at radius 2 is 2.07 bits per heavy atom. The second-order valence-electron chi connectivity index (χ2n) is 3.96. The average molecular weight is 195 g/mol. The van der Waals surface area contributed by atoms with Crippen molar-refractivity contribution in [3.63, 3.8) is 0 Å². The highest BCUT2D eigenvalue weighted by molar-refractivity contribution is 5.42. The van der Waals surface area contributed by atoms with Crippen LogP contribution in [0.4, 0.5) is 4.39 Å². The fraction of sp³-hybridized carbons (Fsp3) is 0.455. The molecule has 1 saturated carbocycles. The second kappa shape index (κ2) is 2.95. The lowest BCUT2D eigenvalue weighted by Gasteiger charge is -2.13. The topological polar surface area (TPSA) is 35.2 Å². The Labute approximate surface area is 82.9 Å². The van der Waals surface area contributed by atoms with E-state index in [1.54, 1.807) is 0 Å². The van der Waals surface area contributed by atoms with Gasteiger partial charge in [-0.3, -0.25) is 0 Å². The molecule has 0 radical (unpaired) electrons. The highest BCUT2D eigenvalue weighted by Gasteiger charge is 2.40. The number of aryl methyl sites for hydroxylation is 1.